The third-order valence-electron chi connectivity index (χ3n) is 5.97. The van der Waals surface area contributed by atoms with Gasteiger partial charge in [0.2, 0.25) is 5.91 Å². The molecule has 2 heterocycles. The minimum Gasteiger partial charge on any atom is -0.486 e. The molecule has 178 valence electrons. The molecule has 0 spiro atoms. The van der Waals surface area contributed by atoms with Gasteiger partial charge in [-0.15, -0.1) is 0 Å². The molecule has 1 fully saturated rings. The quantitative estimate of drug-likeness (QED) is 0.641. The van der Waals surface area contributed by atoms with Crippen LogP contribution in [0.2, 0.25) is 0 Å². The van der Waals surface area contributed by atoms with Crippen molar-refractivity contribution >= 4 is 11.6 Å². The molecular formula is C24H27F3N2O4. The zero-order valence-electron chi connectivity index (χ0n) is 18.1. The predicted octanol–water partition coefficient (Wildman–Crippen LogP) is 4.25. The van der Waals surface area contributed by atoms with Crippen molar-refractivity contribution < 1.29 is 32.5 Å². The number of hydrogen-bond acceptors (Lipinski definition) is 5. The summed E-state index contributed by atoms with van der Waals surface area (Å²) >= 11 is 0. The maximum Gasteiger partial charge on any atom is 0.416 e. The number of ether oxygens (including phenoxy) is 2. The highest BCUT2D eigenvalue weighted by Gasteiger charge is 2.31. The van der Waals surface area contributed by atoms with E-state index in [1.807, 2.05) is 0 Å². The number of carbonyl (C=O) groups is 1. The van der Waals surface area contributed by atoms with Gasteiger partial charge in [0, 0.05) is 24.6 Å². The first-order valence-corrected chi connectivity index (χ1v) is 11.1. The minimum atomic E-state index is -4.49. The molecule has 2 aromatic carbocycles. The number of benzene rings is 2. The van der Waals surface area contributed by atoms with E-state index in [2.05, 4.69) is 10.2 Å². The van der Waals surface area contributed by atoms with E-state index in [-0.39, 0.29) is 12.1 Å². The number of aliphatic hydroxyl groups excluding tert-OH is 1. The lowest BCUT2D eigenvalue weighted by atomic mass is 9.91. The highest BCUT2D eigenvalue weighted by Crippen LogP contribution is 2.36. The first-order chi connectivity index (χ1) is 15.8. The van der Waals surface area contributed by atoms with Gasteiger partial charge in [-0.3, -0.25) is 4.79 Å². The summed E-state index contributed by atoms with van der Waals surface area (Å²) in [6.07, 6.45) is -3.36. The van der Waals surface area contributed by atoms with Gasteiger partial charge in [-0.25, -0.2) is 0 Å². The van der Waals surface area contributed by atoms with Gasteiger partial charge >= 0.3 is 6.18 Å². The van der Waals surface area contributed by atoms with Crippen molar-refractivity contribution in [1.29, 1.82) is 0 Å². The average Bonchev–Trinajstić information content (AvgIpc) is 3.30. The van der Waals surface area contributed by atoms with Crippen LogP contribution in [-0.2, 0) is 11.0 Å². The number of alkyl halides is 3. The van der Waals surface area contributed by atoms with Crippen molar-refractivity contribution in [3.05, 3.63) is 53.6 Å². The Hall–Kier alpha value is -2.78. The van der Waals surface area contributed by atoms with E-state index >= 15 is 0 Å². The molecule has 1 amide bonds. The van der Waals surface area contributed by atoms with Crippen LogP contribution in [0.3, 0.4) is 0 Å². The number of hydrogen-bond donors (Lipinski definition) is 2. The topological polar surface area (TPSA) is 71.0 Å². The molecular weight excluding hydrogens is 437 g/mol. The van der Waals surface area contributed by atoms with Crippen LogP contribution >= 0.6 is 0 Å². The van der Waals surface area contributed by atoms with E-state index in [0.29, 0.717) is 36.8 Å². The third-order valence-corrected chi connectivity index (χ3v) is 5.97. The van der Waals surface area contributed by atoms with E-state index in [9.17, 15) is 23.1 Å². The van der Waals surface area contributed by atoms with Crippen molar-refractivity contribution in [2.75, 3.05) is 38.2 Å². The van der Waals surface area contributed by atoms with Gasteiger partial charge in [-0.05, 0) is 61.8 Å². The second-order valence-electron chi connectivity index (χ2n) is 8.45. The summed E-state index contributed by atoms with van der Waals surface area (Å²) in [5, 5.41) is 13.7. The van der Waals surface area contributed by atoms with Gasteiger partial charge in [-0.1, -0.05) is 12.1 Å². The number of halogens is 3. The first-order valence-electron chi connectivity index (χ1n) is 11.1. The molecule has 0 unspecified atom stereocenters. The zero-order valence-corrected chi connectivity index (χ0v) is 18.1. The normalized spacial score (nSPS) is 18.1. The van der Waals surface area contributed by atoms with Gasteiger partial charge in [-0.2, -0.15) is 13.2 Å². The molecule has 2 N–H and O–H groups in total. The van der Waals surface area contributed by atoms with Gasteiger partial charge in [0.05, 0.1) is 11.7 Å². The van der Waals surface area contributed by atoms with Gasteiger partial charge in [0.25, 0.3) is 0 Å². The molecule has 0 radical (unpaired) electrons. The van der Waals surface area contributed by atoms with Crippen molar-refractivity contribution in [2.24, 2.45) is 5.92 Å². The van der Waals surface area contributed by atoms with Crippen molar-refractivity contribution in [3.63, 3.8) is 0 Å². The molecule has 0 saturated carbocycles. The predicted molar refractivity (Wildman–Crippen MR) is 116 cm³/mol. The number of carbonyl (C=O) groups excluding carboxylic acids is 1. The number of anilines is 1. The summed E-state index contributed by atoms with van der Waals surface area (Å²) in [7, 11) is 0. The fraction of sp³-hybridized carbons (Fsp3) is 0.458. The molecule has 1 saturated heterocycles. The molecule has 0 bridgehead atoms. The molecule has 0 aliphatic carbocycles. The molecule has 6 nitrogen and oxygen atoms in total. The SMILES string of the molecule is O=C(C[C@H](CN1CCCC1)[C@H](O)c1ccc2c(c1)OCCO2)Nc1cccc(C(F)(F)F)c1. The maximum absolute atomic E-state index is 13.0. The Bertz CT molecular complexity index is 976. The Morgan fingerprint density at radius 3 is 2.52 bits per heavy atom. The Labute approximate surface area is 190 Å². The van der Waals surface area contributed by atoms with Crippen LogP contribution in [-0.4, -0.2) is 48.8 Å². The molecule has 0 aromatic heterocycles. The Morgan fingerprint density at radius 1 is 1.06 bits per heavy atom. The highest BCUT2D eigenvalue weighted by molar-refractivity contribution is 5.91. The maximum atomic E-state index is 13.0. The Kier molecular flexibility index (Phi) is 7.09. The smallest absolute Gasteiger partial charge is 0.416 e. The van der Waals surface area contributed by atoms with Crippen LogP contribution in [0.15, 0.2) is 42.5 Å². The lowest BCUT2D eigenvalue weighted by Crippen LogP contribution is -2.33. The number of nitrogens with one attached hydrogen (secondary N) is 1. The number of fused-ring (bicyclic) bond motifs is 1. The second kappa shape index (κ2) is 10.0. The van der Waals surface area contributed by atoms with E-state index in [1.54, 1.807) is 18.2 Å². The van der Waals surface area contributed by atoms with E-state index in [1.165, 1.54) is 12.1 Å². The molecule has 9 heteroatoms. The van der Waals surface area contributed by atoms with E-state index in [4.69, 9.17) is 9.47 Å². The highest BCUT2D eigenvalue weighted by atomic mass is 19.4. The summed E-state index contributed by atoms with van der Waals surface area (Å²) in [5.74, 6) is 0.258. The molecule has 4 rings (SSSR count). The zero-order chi connectivity index (χ0) is 23.4. The molecule has 2 aliphatic heterocycles. The van der Waals surface area contributed by atoms with Crippen molar-refractivity contribution in [3.8, 4) is 11.5 Å². The fourth-order valence-corrected chi connectivity index (χ4v) is 4.31. The fourth-order valence-electron chi connectivity index (χ4n) is 4.31. The lowest BCUT2D eigenvalue weighted by molar-refractivity contribution is -0.137. The monoisotopic (exact) mass is 464 g/mol. The number of likely N-dealkylation sites (tertiary alicyclic amines) is 1. The summed E-state index contributed by atoms with van der Waals surface area (Å²) < 4.78 is 50.1. The average molecular weight is 464 g/mol. The largest absolute Gasteiger partial charge is 0.486 e. The molecule has 2 atom stereocenters. The third kappa shape index (κ3) is 5.97. The van der Waals surface area contributed by atoms with E-state index in [0.717, 1.165) is 38.1 Å². The van der Waals surface area contributed by atoms with Crippen LogP contribution in [0.5, 0.6) is 11.5 Å². The summed E-state index contributed by atoms with van der Waals surface area (Å²) in [6, 6.07) is 9.75. The summed E-state index contributed by atoms with van der Waals surface area (Å²) in [5.41, 5.74) is -0.149. The summed E-state index contributed by atoms with van der Waals surface area (Å²) in [4.78, 5) is 15.0. The second-order valence-corrected chi connectivity index (χ2v) is 8.45. The van der Waals surface area contributed by atoms with Gasteiger partial charge in [0.1, 0.15) is 13.2 Å². The molecule has 33 heavy (non-hydrogen) atoms. The van der Waals surface area contributed by atoms with Crippen LogP contribution in [0, 0.1) is 5.92 Å². The van der Waals surface area contributed by atoms with Crippen molar-refractivity contribution in [1.82, 2.24) is 4.90 Å². The lowest BCUT2D eigenvalue weighted by Gasteiger charge is -2.28. The van der Waals surface area contributed by atoms with Crippen LogP contribution < -0.4 is 14.8 Å². The molecule has 2 aliphatic rings. The number of amides is 1. The van der Waals surface area contributed by atoms with Gasteiger partial charge < -0.3 is 24.8 Å². The standard InChI is InChI=1S/C24H27F3N2O4/c25-24(26,27)18-4-3-5-19(14-18)28-22(30)13-17(15-29-8-1-2-9-29)23(31)16-6-7-20-21(12-16)33-11-10-32-20/h3-7,12,14,17,23,31H,1-2,8-11,13,15H2,(H,28,30)/t17-,23-/m1/s1. The first kappa shape index (κ1) is 23.4. The summed E-state index contributed by atoms with van der Waals surface area (Å²) in [6.45, 7) is 3.16. The number of rotatable bonds is 7. The van der Waals surface area contributed by atoms with Crippen LogP contribution in [0.4, 0.5) is 18.9 Å². The number of nitrogens with zero attached hydrogens (tertiary/aromatic N) is 1. The van der Waals surface area contributed by atoms with E-state index < -0.39 is 29.7 Å². The number of aliphatic hydroxyl groups is 1. The molecule has 2 aromatic rings. The Morgan fingerprint density at radius 2 is 1.79 bits per heavy atom. The minimum absolute atomic E-state index is 0.0393. The van der Waals surface area contributed by atoms with Crippen LogP contribution in [0.1, 0.15) is 36.5 Å². The Balaban J connectivity index is 1.49. The van der Waals surface area contributed by atoms with Crippen molar-refractivity contribution in [2.45, 2.75) is 31.5 Å². The van der Waals surface area contributed by atoms with Crippen LogP contribution in [0.25, 0.3) is 0 Å². The van der Waals surface area contributed by atoms with Gasteiger partial charge in [0.15, 0.2) is 11.5 Å².